The Kier molecular flexibility index (Phi) is 13.4. The van der Waals surface area contributed by atoms with Crippen LogP contribution in [0.2, 0.25) is 0 Å². The Hall–Kier alpha value is -3.75. The van der Waals surface area contributed by atoms with Crippen LogP contribution in [0.5, 0.6) is 0 Å². The normalized spacial score (nSPS) is 11.9. The second-order valence-electron chi connectivity index (χ2n) is 7.60. The fourth-order valence-electron chi connectivity index (χ4n) is 3.34. The number of carboxylic acid groups (broad SMARTS) is 3. The van der Waals surface area contributed by atoms with E-state index in [0.717, 1.165) is 10.5 Å². The number of hydrogen-bond donors (Lipinski definition) is 4. The van der Waals surface area contributed by atoms with Crippen LogP contribution in [0, 0.1) is 0 Å². The minimum absolute atomic E-state index is 0.0298. The second-order valence-corrected chi connectivity index (χ2v) is 7.60. The van der Waals surface area contributed by atoms with Crippen LogP contribution in [0.1, 0.15) is 5.56 Å². The summed E-state index contributed by atoms with van der Waals surface area (Å²) < 4.78 is 9.67. The number of benzene rings is 1. The van der Waals surface area contributed by atoms with Gasteiger partial charge in [-0.2, -0.15) is 0 Å². The number of carbonyl (C=O) groups is 5. The zero-order valence-corrected chi connectivity index (χ0v) is 19.0. The van der Waals surface area contributed by atoms with Gasteiger partial charge in [-0.3, -0.25) is 33.8 Å². The molecular formula is C21H30N4O10. The van der Waals surface area contributed by atoms with Gasteiger partial charge in [-0.1, -0.05) is 12.1 Å². The summed E-state index contributed by atoms with van der Waals surface area (Å²) in [5.41, 5.74) is 7.09. The summed E-state index contributed by atoms with van der Waals surface area (Å²) in [6.07, 6.45) is 0.328. The molecule has 0 aliphatic heterocycles. The van der Waals surface area contributed by atoms with Crippen molar-refractivity contribution in [2.45, 2.75) is 12.5 Å². The number of nitrogens with zero attached hydrogens (tertiary/aromatic N) is 3. The molecule has 0 saturated heterocycles. The lowest BCUT2D eigenvalue weighted by molar-refractivity contribution is -0.146. The lowest BCUT2D eigenvalue weighted by Gasteiger charge is -2.34. The third-order valence-corrected chi connectivity index (χ3v) is 4.86. The first-order valence-electron chi connectivity index (χ1n) is 10.4. The third-order valence-electron chi connectivity index (χ3n) is 4.86. The van der Waals surface area contributed by atoms with Crippen molar-refractivity contribution in [2.75, 3.05) is 58.5 Å². The number of carboxylic acids is 3. The van der Waals surface area contributed by atoms with Gasteiger partial charge in [0.2, 0.25) is 0 Å². The Morgan fingerprint density at radius 3 is 1.74 bits per heavy atom. The van der Waals surface area contributed by atoms with Gasteiger partial charge in [0, 0.05) is 31.4 Å². The summed E-state index contributed by atoms with van der Waals surface area (Å²) in [4.78, 5) is 59.3. The fraction of sp³-hybridized carbons (Fsp3) is 0.476. The van der Waals surface area contributed by atoms with E-state index in [0.29, 0.717) is 12.1 Å². The van der Waals surface area contributed by atoms with E-state index in [1.807, 2.05) is 0 Å². The number of aliphatic carboxylic acids is 3. The summed E-state index contributed by atoms with van der Waals surface area (Å²) in [6.45, 7) is -1.47. The number of ether oxygens (including phenoxy) is 2. The molecule has 0 aliphatic carbocycles. The van der Waals surface area contributed by atoms with Crippen molar-refractivity contribution in [3.63, 3.8) is 0 Å². The Labute approximate surface area is 201 Å². The molecule has 1 aromatic rings. The molecule has 1 unspecified atom stereocenters. The van der Waals surface area contributed by atoms with E-state index in [1.54, 1.807) is 24.3 Å². The van der Waals surface area contributed by atoms with E-state index < -0.39 is 43.6 Å². The molecule has 14 nitrogen and oxygen atoms in total. The highest BCUT2D eigenvalue weighted by molar-refractivity contribution is 5.72. The van der Waals surface area contributed by atoms with Crippen molar-refractivity contribution in [3.05, 3.63) is 29.8 Å². The van der Waals surface area contributed by atoms with Crippen molar-refractivity contribution < 1.29 is 48.8 Å². The van der Waals surface area contributed by atoms with E-state index in [1.165, 1.54) is 9.80 Å². The molecule has 1 aromatic carbocycles. The zero-order chi connectivity index (χ0) is 26.2. The van der Waals surface area contributed by atoms with Gasteiger partial charge in [0.1, 0.15) is 13.5 Å². The van der Waals surface area contributed by atoms with E-state index >= 15 is 0 Å². The van der Waals surface area contributed by atoms with Crippen LogP contribution in [-0.2, 0) is 39.9 Å². The second kappa shape index (κ2) is 16.0. The molecule has 14 heteroatoms. The zero-order valence-electron chi connectivity index (χ0n) is 19.0. The van der Waals surface area contributed by atoms with Crippen LogP contribution in [0.4, 0.5) is 5.69 Å². The van der Waals surface area contributed by atoms with Crippen LogP contribution in [0.15, 0.2) is 24.3 Å². The predicted molar refractivity (Wildman–Crippen MR) is 120 cm³/mol. The molecule has 0 bridgehead atoms. The summed E-state index contributed by atoms with van der Waals surface area (Å²) in [5.74, 6) is -3.60. The molecule has 0 amide bonds. The fourth-order valence-corrected chi connectivity index (χ4v) is 3.34. The standard InChI is InChI=1S/C21H30N4O10/c22-17-3-1-16(2-4-17)7-18(25(12-34-14-26)13-35-15-27)8-23(9-19(28)29)5-6-24(10-20(30)31)11-21(32)33/h1-4,14-15,18H,5-13,22H2,(H,28,29)(H,30,31)(H,32,33). The third kappa shape index (κ3) is 12.9. The van der Waals surface area contributed by atoms with Crippen LogP contribution in [0.25, 0.3) is 0 Å². The molecule has 0 radical (unpaired) electrons. The highest BCUT2D eigenvalue weighted by atomic mass is 16.6. The van der Waals surface area contributed by atoms with Crippen LogP contribution in [0.3, 0.4) is 0 Å². The van der Waals surface area contributed by atoms with Gasteiger partial charge in [0.25, 0.3) is 12.9 Å². The molecule has 0 saturated carbocycles. The maximum Gasteiger partial charge on any atom is 0.317 e. The van der Waals surface area contributed by atoms with Crippen LogP contribution in [-0.4, -0.2) is 120 Å². The van der Waals surface area contributed by atoms with Crippen molar-refractivity contribution in [1.29, 1.82) is 0 Å². The molecule has 35 heavy (non-hydrogen) atoms. The van der Waals surface area contributed by atoms with Crippen molar-refractivity contribution in [3.8, 4) is 0 Å². The quantitative estimate of drug-likeness (QED) is 0.0929. The van der Waals surface area contributed by atoms with E-state index in [-0.39, 0.29) is 46.0 Å². The van der Waals surface area contributed by atoms with Gasteiger partial charge in [-0.25, -0.2) is 4.90 Å². The molecule has 1 atom stereocenters. The van der Waals surface area contributed by atoms with E-state index in [4.69, 9.17) is 25.4 Å². The number of carbonyl (C=O) groups excluding carboxylic acids is 2. The molecule has 5 N–H and O–H groups in total. The Morgan fingerprint density at radius 1 is 0.829 bits per heavy atom. The van der Waals surface area contributed by atoms with Crippen LogP contribution < -0.4 is 5.73 Å². The predicted octanol–water partition coefficient (Wildman–Crippen LogP) is -1.40. The summed E-state index contributed by atoms with van der Waals surface area (Å²) >= 11 is 0. The molecule has 194 valence electrons. The lowest BCUT2D eigenvalue weighted by atomic mass is 10.0. The minimum atomic E-state index is -1.22. The molecular weight excluding hydrogens is 468 g/mol. The average Bonchev–Trinajstić information content (AvgIpc) is 2.77. The Morgan fingerprint density at radius 2 is 1.29 bits per heavy atom. The van der Waals surface area contributed by atoms with E-state index in [9.17, 15) is 29.1 Å². The Balaban J connectivity index is 3.12. The molecule has 0 aliphatic rings. The maximum atomic E-state index is 11.5. The first-order valence-corrected chi connectivity index (χ1v) is 10.4. The van der Waals surface area contributed by atoms with Gasteiger partial charge >= 0.3 is 17.9 Å². The van der Waals surface area contributed by atoms with E-state index in [2.05, 4.69) is 0 Å². The molecule has 0 spiro atoms. The van der Waals surface area contributed by atoms with Gasteiger partial charge in [0.05, 0.1) is 19.6 Å². The van der Waals surface area contributed by atoms with Crippen molar-refractivity contribution in [1.82, 2.24) is 14.7 Å². The van der Waals surface area contributed by atoms with Gasteiger partial charge in [-0.05, 0) is 24.1 Å². The smallest absolute Gasteiger partial charge is 0.317 e. The van der Waals surface area contributed by atoms with Gasteiger partial charge < -0.3 is 30.5 Å². The van der Waals surface area contributed by atoms with Crippen molar-refractivity contribution >= 4 is 36.5 Å². The van der Waals surface area contributed by atoms with Gasteiger partial charge in [-0.15, -0.1) is 0 Å². The topological polar surface area (TPSA) is 200 Å². The minimum Gasteiger partial charge on any atom is -0.480 e. The monoisotopic (exact) mass is 498 g/mol. The molecule has 0 fully saturated rings. The average molecular weight is 498 g/mol. The summed E-state index contributed by atoms with van der Waals surface area (Å²) in [5, 5.41) is 27.4. The molecule has 0 aromatic heterocycles. The number of rotatable bonds is 20. The van der Waals surface area contributed by atoms with Gasteiger partial charge in [0.15, 0.2) is 0 Å². The lowest BCUT2D eigenvalue weighted by Crippen LogP contribution is -2.50. The first-order chi connectivity index (χ1) is 16.6. The number of nitrogen functional groups attached to an aromatic ring is 1. The molecule has 0 heterocycles. The molecule has 1 rings (SSSR count). The summed E-state index contributed by atoms with van der Waals surface area (Å²) in [7, 11) is 0. The first kappa shape index (κ1) is 29.3. The summed E-state index contributed by atoms with van der Waals surface area (Å²) in [6, 6.07) is 6.39. The van der Waals surface area contributed by atoms with Crippen LogP contribution >= 0.6 is 0 Å². The highest BCUT2D eigenvalue weighted by Gasteiger charge is 2.25. The Bertz CT molecular complexity index is 808. The number of nitrogens with two attached hydrogens (primary N) is 1. The largest absolute Gasteiger partial charge is 0.480 e. The number of hydrogen-bond acceptors (Lipinski definition) is 11. The highest BCUT2D eigenvalue weighted by Crippen LogP contribution is 2.14. The van der Waals surface area contributed by atoms with Crippen molar-refractivity contribution in [2.24, 2.45) is 0 Å². The number of anilines is 1. The maximum absolute atomic E-state index is 11.5. The SMILES string of the molecule is Nc1ccc(CC(CN(CCN(CC(=O)O)CC(=O)O)CC(=O)O)N(COC=O)COC=O)cc1.